The molecule has 2 aromatic heterocycles. The molecule has 4 rings (SSSR count). The number of rotatable bonds is 8. The lowest BCUT2D eigenvalue weighted by molar-refractivity contribution is 0.0743. The molecule has 0 bridgehead atoms. The highest BCUT2D eigenvalue weighted by Crippen LogP contribution is 2.22. The van der Waals surface area contributed by atoms with Crippen LogP contribution in [0.4, 0.5) is 0 Å². The highest BCUT2D eigenvalue weighted by atomic mass is 35.5. The van der Waals surface area contributed by atoms with Crippen molar-refractivity contribution >= 4 is 45.2 Å². The summed E-state index contributed by atoms with van der Waals surface area (Å²) >= 11 is 7.35. The number of aromatic amines is 1. The maximum absolute atomic E-state index is 13.1. The summed E-state index contributed by atoms with van der Waals surface area (Å²) in [5, 5.41) is 2.09. The fraction of sp³-hybridized carbons (Fsp3) is 0.304. The Morgan fingerprint density at radius 3 is 2.69 bits per heavy atom. The van der Waals surface area contributed by atoms with Crippen LogP contribution in [0.3, 0.4) is 0 Å². The van der Waals surface area contributed by atoms with Gasteiger partial charge in [-0.25, -0.2) is 9.97 Å². The minimum Gasteiger partial charge on any atom is -0.379 e. The molecule has 4 aromatic rings. The number of nitrogens with zero attached hydrogens (tertiary/aromatic N) is 3. The summed E-state index contributed by atoms with van der Waals surface area (Å²) < 4.78 is 7.30. The molecule has 0 aliphatic rings. The van der Waals surface area contributed by atoms with Crippen molar-refractivity contribution in [1.29, 1.82) is 0 Å². The van der Waals surface area contributed by atoms with Crippen molar-refractivity contribution in [2.24, 2.45) is 0 Å². The van der Waals surface area contributed by atoms with Gasteiger partial charge in [0.2, 0.25) is 0 Å². The lowest BCUT2D eigenvalue weighted by Crippen LogP contribution is -2.24. The van der Waals surface area contributed by atoms with E-state index in [0.717, 1.165) is 0 Å². The molecule has 0 unspecified atom stereocenters. The van der Waals surface area contributed by atoms with E-state index >= 15 is 0 Å². The highest BCUT2D eigenvalue weighted by Gasteiger charge is 2.13. The van der Waals surface area contributed by atoms with Gasteiger partial charge in [0.25, 0.3) is 11.1 Å². The fourth-order valence-corrected chi connectivity index (χ4v) is 4.42. The number of aromatic nitrogens is 4. The van der Waals surface area contributed by atoms with Crippen LogP contribution < -0.4 is 11.1 Å². The topological polar surface area (TPSA) is 89.9 Å². The number of ether oxygens (including phenoxy) is 1. The smallest absolute Gasteiger partial charge is 0.262 e. The van der Waals surface area contributed by atoms with Crippen LogP contribution in [0.1, 0.15) is 26.1 Å². The monoisotopic (exact) mass is 470 g/mol. The number of hydrogen-bond acceptors (Lipinski definition) is 6. The van der Waals surface area contributed by atoms with Crippen LogP contribution in [0.15, 0.2) is 57.2 Å². The van der Waals surface area contributed by atoms with Crippen molar-refractivity contribution in [3.05, 3.63) is 74.0 Å². The van der Waals surface area contributed by atoms with Gasteiger partial charge in [0.1, 0.15) is 5.82 Å². The van der Waals surface area contributed by atoms with Crippen LogP contribution in [-0.4, -0.2) is 32.2 Å². The molecular weight excluding hydrogens is 448 g/mol. The second-order valence-electron chi connectivity index (χ2n) is 7.60. The van der Waals surface area contributed by atoms with Crippen molar-refractivity contribution in [2.45, 2.75) is 43.8 Å². The van der Waals surface area contributed by atoms with Gasteiger partial charge < -0.3 is 9.72 Å². The van der Waals surface area contributed by atoms with Crippen molar-refractivity contribution < 1.29 is 4.74 Å². The number of benzene rings is 2. The summed E-state index contributed by atoms with van der Waals surface area (Å²) in [5.41, 5.74) is 0.882. The fourth-order valence-electron chi connectivity index (χ4n) is 3.36. The third-order valence-corrected chi connectivity index (χ3v) is 6.08. The lowest BCUT2D eigenvalue weighted by Gasteiger charge is -2.14. The zero-order valence-corrected chi connectivity index (χ0v) is 19.4. The molecule has 9 heteroatoms. The molecule has 2 heterocycles. The first-order valence-corrected chi connectivity index (χ1v) is 11.7. The molecule has 2 aromatic carbocycles. The van der Waals surface area contributed by atoms with Gasteiger partial charge in [0.05, 0.1) is 33.7 Å². The van der Waals surface area contributed by atoms with Crippen LogP contribution >= 0.6 is 23.4 Å². The third-order valence-electron chi connectivity index (χ3n) is 4.86. The van der Waals surface area contributed by atoms with Gasteiger partial charge >= 0.3 is 0 Å². The highest BCUT2D eigenvalue weighted by molar-refractivity contribution is 7.98. The van der Waals surface area contributed by atoms with Crippen LogP contribution in [-0.2, 0) is 17.0 Å². The molecule has 0 amide bonds. The molecule has 7 nitrogen and oxygen atoms in total. The first-order valence-electron chi connectivity index (χ1n) is 10.3. The quantitative estimate of drug-likeness (QED) is 0.233. The van der Waals surface area contributed by atoms with Gasteiger partial charge in [0, 0.05) is 18.2 Å². The van der Waals surface area contributed by atoms with Crippen LogP contribution in [0.25, 0.3) is 21.8 Å². The molecule has 0 aliphatic carbocycles. The van der Waals surface area contributed by atoms with Crippen LogP contribution in [0.5, 0.6) is 0 Å². The summed E-state index contributed by atoms with van der Waals surface area (Å²) in [6.45, 7) is 5.02. The summed E-state index contributed by atoms with van der Waals surface area (Å²) in [6.07, 6.45) is 0.832. The number of para-hydroxylation sites is 1. The molecule has 0 aliphatic heterocycles. The standard InChI is InChI=1S/C23H23ClN4O3S/c1-14(2)31-11-5-10-28-22(30)16-6-3-4-7-18(16)26-23(28)32-13-20-25-19-9-8-15(24)12-17(19)21(29)27-20/h3-4,6-9,12,14H,5,10-11,13H2,1-2H3,(H,25,27,29). The molecule has 1 N–H and O–H groups in total. The van der Waals surface area contributed by atoms with Crippen molar-refractivity contribution in [2.75, 3.05) is 6.61 Å². The van der Waals surface area contributed by atoms with Gasteiger partial charge in [-0.1, -0.05) is 35.5 Å². The predicted molar refractivity (Wildman–Crippen MR) is 129 cm³/mol. The van der Waals surface area contributed by atoms with E-state index in [0.29, 0.717) is 63.1 Å². The maximum Gasteiger partial charge on any atom is 0.262 e. The number of nitrogens with one attached hydrogen (secondary N) is 1. The predicted octanol–water partition coefficient (Wildman–Crippen LogP) is 4.39. The van der Waals surface area contributed by atoms with Gasteiger partial charge in [0.15, 0.2) is 5.16 Å². The Kier molecular flexibility index (Phi) is 6.93. The molecule has 0 spiro atoms. The van der Waals surface area contributed by atoms with E-state index in [-0.39, 0.29) is 17.2 Å². The largest absolute Gasteiger partial charge is 0.379 e. The van der Waals surface area contributed by atoms with Crippen LogP contribution in [0.2, 0.25) is 5.02 Å². The molecule has 0 radical (unpaired) electrons. The summed E-state index contributed by atoms with van der Waals surface area (Å²) in [4.78, 5) is 37.6. The number of thioether (sulfide) groups is 1. The summed E-state index contributed by atoms with van der Waals surface area (Å²) in [5.74, 6) is 0.869. The molecule has 166 valence electrons. The molecule has 0 saturated heterocycles. The van der Waals surface area contributed by atoms with Crippen molar-refractivity contribution in [3.63, 3.8) is 0 Å². The Labute approximate surface area is 193 Å². The minimum atomic E-state index is -0.247. The van der Waals surface area contributed by atoms with Gasteiger partial charge in [-0.2, -0.15) is 0 Å². The Hall–Kier alpha value is -2.68. The van der Waals surface area contributed by atoms with E-state index in [1.807, 2.05) is 32.0 Å². The van der Waals surface area contributed by atoms with E-state index in [4.69, 9.17) is 21.3 Å². The average Bonchev–Trinajstić information content (AvgIpc) is 2.77. The Balaban J connectivity index is 1.63. The first kappa shape index (κ1) is 22.5. The minimum absolute atomic E-state index is 0.0859. The Bertz CT molecular complexity index is 1380. The third kappa shape index (κ3) is 5.03. The Morgan fingerprint density at radius 2 is 1.88 bits per heavy atom. The summed E-state index contributed by atoms with van der Waals surface area (Å²) in [7, 11) is 0. The lowest BCUT2D eigenvalue weighted by atomic mass is 10.2. The number of halogens is 1. The van der Waals surface area contributed by atoms with Crippen molar-refractivity contribution in [1.82, 2.24) is 19.5 Å². The summed E-state index contributed by atoms with van der Waals surface area (Å²) in [6, 6.07) is 12.3. The van der Waals surface area contributed by atoms with E-state index < -0.39 is 0 Å². The molecule has 0 fully saturated rings. The van der Waals surface area contributed by atoms with Gasteiger partial charge in [-0.05, 0) is 50.6 Å². The van der Waals surface area contributed by atoms with E-state index in [1.165, 1.54) is 11.8 Å². The van der Waals surface area contributed by atoms with Gasteiger partial charge in [-0.3, -0.25) is 14.2 Å². The Morgan fingerprint density at radius 1 is 1.09 bits per heavy atom. The maximum atomic E-state index is 13.1. The molecular formula is C23H23ClN4O3S. The van der Waals surface area contributed by atoms with Crippen LogP contribution in [0, 0.1) is 0 Å². The normalized spacial score (nSPS) is 11.6. The number of H-pyrrole nitrogens is 1. The number of hydrogen-bond donors (Lipinski definition) is 1. The SMILES string of the molecule is CC(C)OCCCn1c(SCc2nc3ccc(Cl)cc3c(=O)[nH]2)nc2ccccc2c1=O. The second-order valence-corrected chi connectivity index (χ2v) is 8.98. The van der Waals surface area contributed by atoms with Crippen molar-refractivity contribution in [3.8, 4) is 0 Å². The zero-order chi connectivity index (χ0) is 22.7. The molecule has 0 saturated carbocycles. The molecule has 0 atom stereocenters. The number of fused-ring (bicyclic) bond motifs is 2. The van der Waals surface area contributed by atoms with E-state index in [2.05, 4.69) is 9.97 Å². The van der Waals surface area contributed by atoms with E-state index in [1.54, 1.807) is 28.8 Å². The molecule has 32 heavy (non-hydrogen) atoms. The second kappa shape index (κ2) is 9.85. The van der Waals surface area contributed by atoms with E-state index in [9.17, 15) is 9.59 Å². The average molecular weight is 471 g/mol. The first-order chi connectivity index (χ1) is 15.4. The zero-order valence-electron chi connectivity index (χ0n) is 17.8. The van der Waals surface area contributed by atoms with Gasteiger partial charge in [-0.15, -0.1) is 0 Å².